The van der Waals surface area contributed by atoms with Crippen LogP contribution in [-0.2, 0) is 14.2 Å². The molecule has 5 nitrogen and oxygen atoms in total. The summed E-state index contributed by atoms with van der Waals surface area (Å²) in [5.74, 6) is 0. The highest BCUT2D eigenvalue weighted by Gasteiger charge is 2.41. The first kappa shape index (κ1) is 44.7. The minimum absolute atomic E-state index is 0.0863. The van der Waals surface area contributed by atoms with Crippen molar-refractivity contribution in [3.8, 4) is 0 Å². The van der Waals surface area contributed by atoms with Crippen LogP contribution in [-0.4, -0.2) is 57.9 Å². The molecule has 0 amide bonds. The summed E-state index contributed by atoms with van der Waals surface area (Å²) in [4.78, 5) is 0. The zero-order chi connectivity index (χ0) is 34.2. The molecule has 4 atom stereocenters. The molecule has 7 heteroatoms. The molecule has 1 saturated heterocycles. The predicted molar refractivity (Wildman–Crippen MR) is 208 cm³/mol. The lowest BCUT2D eigenvalue weighted by Crippen LogP contribution is -2.56. The van der Waals surface area contributed by atoms with Crippen LogP contribution >= 0.6 is 24.4 Å². The lowest BCUT2D eigenvalue weighted by Gasteiger charge is -2.37. The van der Waals surface area contributed by atoms with Crippen molar-refractivity contribution in [2.75, 3.05) is 13.2 Å². The molecular formula is C40H76O5S2. The van der Waals surface area contributed by atoms with Gasteiger partial charge in [0.1, 0.15) is 24.9 Å². The zero-order valence-corrected chi connectivity index (χ0v) is 32.5. The normalized spacial score (nSPS) is 19.6. The van der Waals surface area contributed by atoms with E-state index >= 15 is 0 Å². The van der Waals surface area contributed by atoms with Crippen LogP contribution in [0.25, 0.3) is 0 Å². The minimum atomic E-state index is -1.02. The van der Waals surface area contributed by atoms with Crippen molar-refractivity contribution >= 4 is 34.5 Å². The quantitative estimate of drug-likeness (QED) is 0.0522. The highest BCUT2D eigenvalue weighted by atomic mass is 32.1. The first-order valence-electron chi connectivity index (χ1n) is 20.3. The fourth-order valence-corrected chi connectivity index (χ4v) is 7.00. The second-order valence-electron chi connectivity index (χ2n) is 14.3. The zero-order valence-electron chi connectivity index (χ0n) is 30.9. The van der Waals surface area contributed by atoms with Crippen molar-refractivity contribution in [3.05, 3.63) is 0 Å². The van der Waals surface area contributed by atoms with Crippen LogP contribution in [0.15, 0.2) is 0 Å². The minimum Gasteiger partial charge on any atom is -0.484 e. The van der Waals surface area contributed by atoms with Crippen LogP contribution in [0.4, 0.5) is 0 Å². The third-order valence-electron chi connectivity index (χ3n) is 9.72. The highest BCUT2D eigenvalue weighted by Crippen LogP contribution is 2.22. The third-order valence-corrected chi connectivity index (χ3v) is 10.3. The summed E-state index contributed by atoms with van der Waals surface area (Å²) < 4.78 is 17.3. The van der Waals surface area contributed by atoms with Gasteiger partial charge >= 0.3 is 0 Å². The summed E-state index contributed by atoms with van der Waals surface area (Å²) in [6.07, 6.45) is 35.1. The fourth-order valence-electron chi connectivity index (χ4n) is 6.54. The van der Waals surface area contributed by atoms with Crippen LogP contribution in [0.2, 0.25) is 0 Å². The van der Waals surface area contributed by atoms with Crippen LogP contribution < -0.4 is 0 Å². The molecule has 0 aromatic rings. The summed E-state index contributed by atoms with van der Waals surface area (Å²) in [6.45, 7) is 4.80. The molecule has 2 N–H and O–H groups in total. The fraction of sp³-hybridized carbons (Fsp3) is 0.950. The Bertz CT molecular complexity index is 721. The number of rotatable bonds is 33. The van der Waals surface area contributed by atoms with Gasteiger partial charge in [-0.3, -0.25) is 0 Å². The van der Waals surface area contributed by atoms with Gasteiger partial charge in [-0.1, -0.05) is 181 Å². The smallest absolute Gasteiger partial charge is 0.160 e. The molecule has 1 aliphatic rings. The van der Waals surface area contributed by atoms with Gasteiger partial charge in [0.25, 0.3) is 0 Å². The van der Waals surface area contributed by atoms with Crippen molar-refractivity contribution in [3.63, 3.8) is 0 Å². The summed E-state index contributed by atoms with van der Waals surface area (Å²) >= 11 is 10.9. The van der Waals surface area contributed by atoms with Gasteiger partial charge in [-0.05, 0) is 37.3 Å². The molecule has 278 valence electrons. The number of thiocarbonyl (C=S) groups is 2. The average molecular weight is 701 g/mol. The van der Waals surface area contributed by atoms with E-state index in [2.05, 4.69) is 13.8 Å². The maximum atomic E-state index is 10.9. The highest BCUT2D eigenvalue weighted by molar-refractivity contribution is 7.80. The number of hydrogen-bond acceptors (Lipinski definition) is 7. The van der Waals surface area contributed by atoms with E-state index in [1.54, 1.807) is 0 Å². The Morgan fingerprint density at radius 3 is 1.26 bits per heavy atom. The molecule has 0 bridgehead atoms. The van der Waals surface area contributed by atoms with E-state index in [0.29, 0.717) is 16.5 Å². The monoisotopic (exact) mass is 701 g/mol. The van der Waals surface area contributed by atoms with Gasteiger partial charge in [0.2, 0.25) is 0 Å². The molecule has 0 aromatic carbocycles. The van der Waals surface area contributed by atoms with Crippen molar-refractivity contribution < 1.29 is 24.4 Å². The molecule has 0 radical (unpaired) electrons. The van der Waals surface area contributed by atoms with E-state index in [-0.39, 0.29) is 13.2 Å². The number of aliphatic hydroxyl groups is 2. The lowest BCUT2D eigenvalue weighted by molar-refractivity contribution is -0.189. The third kappa shape index (κ3) is 26.2. The van der Waals surface area contributed by atoms with Gasteiger partial charge < -0.3 is 24.4 Å². The van der Waals surface area contributed by atoms with Gasteiger partial charge in [-0.2, -0.15) is 0 Å². The maximum Gasteiger partial charge on any atom is 0.160 e. The van der Waals surface area contributed by atoms with E-state index < -0.39 is 24.4 Å². The van der Waals surface area contributed by atoms with Crippen LogP contribution in [0, 0.1) is 0 Å². The molecule has 1 fully saturated rings. The van der Waals surface area contributed by atoms with Gasteiger partial charge in [0.05, 0.1) is 6.61 Å². The number of unbranched alkanes of at least 4 members (excludes halogenated alkanes) is 26. The number of aliphatic hydroxyl groups excluding tert-OH is 2. The first-order chi connectivity index (χ1) is 23.0. The molecule has 1 heterocycles. The average Bonchev–Trinajstić information content (AvgIpc) is 3.06. The van der Waals surface area contributed by atoms with Gasteiger partial charge in [-0.25, -0.2) is 0 Å². The second-order valence-corrected chi connectivity index (χ2v) is 15.2. The maximum absolute atomic E-state index is 10.9. The second kappa shape index (κ2) is 32.8. The van der Waals surface area contributed by atoms with Crippen LogP contribution in [0.5, 0.6) is 0 Å². The van der Waals surface area contributed by atoms with Gasteiger partial charge in [0.15, 0.2) is 16.2 Å². The molecule has 0 aromatic heterocycles. The Balaban J connectivity index is 2.03. The van der Waals surface area contributed by atoms with Crippen molar-refractivity contribution in [1.82, 2.24) is 0 Å². The van der Waals surface area contributed by atoms with Crippen LogP contribution in [0.1, 0.15) is 206 Å². The summed E-state index contributed by atoms with van der Waals surface area (Å²) in [5, 5.41) is 22.3. The molecule has 47 heavy (non-hydrogen) atoms. The van der Waals surface area contributed by atoms with Crippen molar-refractivity contribution in [2.24, 2.45) is 0 Å². The van der Waals surface area contributed by atoms with E-state index in [4.69, 9.17) is 38.6 Å². The number of hydrogen-bond donors (Lipinski definition) is 2. The summed E-state index contributed by atoms with van der Waals surface area (Å²) in [7, 11) is 0. The summed E-state index contributed by atoms with van der Waals surface area (Å²) in [6, 6.07) is 0. The van der Waals surface area contributed by atoms with E-state index in [1.807, 2.05) is 0 Å². The van der Waals surface area contributed by atoms with Crippen LogP contribution in [0.3, 0.4) is 0 Å². The topological polar surface area (TPSA) is 68.2 Å². The molecular weight excluding hydrogens is 625 g/mol. The molecule has 1 rings (SSSR count). The van der Waals surface area contributed by atoms with E-state index in [1.165, 1.54) is 161 Å². The van der Waals surface area contributed by atoms with Gasteiger partial charge in [0, 0.05) is 12.8 Å². The lowest BCUT2D eigenvalue weighted by atomic mass is 10.00. The van der Waals surface area contributed by atoms with E-state index in [0.717, 1.165) is 25.7 Å². The van der Waals surface area contributed by atoms with Crippen molar-refractivity contribution in [1.29, 1.82) is 0 Å². The SMILES string of the molecule is CCCCCCCCCCCCCCCCC(=S)OC[C@@H]1OC[C@@H](O)[C@H](OC(=S)CCCCCCCCCCCCCCCC)[C@H]1O. The molecule has 0 unspecified atom stereocenters. The Morgan fingerprint density at radius 1 is 0.532 bits per heavy atom. The molecule has 0 saturated carbocycles. The summed E-state index contributed by atoms with van der Waals surface area (Å²) in [5.41, 5.74) is 0. The standard InChI is InChI=1S/C40H76O5S2/c1-3-5-7-9-11-13-15-17-19-21-23-25-27-29-31-37(46)44-34-36-39(42)40(35(41)33-43-36)45-38(47)32-30-28-26-24-22-20-18-16-14-12-10-8-6-4-2/h35-36,39-42H,3-34H2,1-2H3/t35-,36+,39+,40+/m1/s1. The Labute approximate surface area is 302 Å². The first-order valence-corrected chi connectivity index (χ1v) is 21.1. The largest absolute Gasteiger partial charge is 0.484 e. The Morgan fingerprint density at radius 2 is 0.872 bits per heavy atom. The Kier molecular flexibility index (Phi) is 31.2. The van der Waals surface area contributed by atoms with Crippen molar-refractivity contribution in [2.45, 2.75) is 231 Å². The Hall–Kier alpha value is -0.340. The predicted octanol–water partition coefficient (Wildman–Crippen LogP) is 11.9. The van der Waals surface area contributed by atoms with Gasteiger partial charge in [-0.15, -0.1) is 0 Å². The molecule has 0 spiro atoms. The number of ether oxygens (including phenoxy) is 3. The van der Waals surface area contributed by atoms with E-state index in [9.17, 15) is 10.2 Å². The molecule has 0 aliphatic carbocycles. The molecule has 1 aliphatic heterocycles.